The molecule has 0 aliphatic carbocycles. The Bertz CT molecular complexity index is 1020. The molecule has 0 atom stereocenters. The summed E-state index contributed by atoms with van der Waals surface area (Å²) in [4.78, 5) is 26.4. The number of aryl methyl sites for hydroxylation is 1. The van der Waals surface area contributed by atoms with E-state index in [1.165, 1.54) is 0 Å². The summed E-state index contributed by atoms with van der Waals surface area (Å²) in [5.41, 5.74) is 1.30. The van der Waals surface area contributed by atoms with Gasteiger partial charge in [-0.3, -0.25) is 14.2 Å². The lowest BCUT2D eigenvalue weighted by Gasteiger charge is -2.33. The standard InChI is InChI=1S/C23H31F3N4O4/c1-15-17(20(31)27-9-12-33-23(24,25)26)5-6-19-18(15)14-30(28-19)13-16-7-10-29(11-8-16)21(32)34-22(2,3)4/h5-6,14,16H,7-13H2,1-4H3,(H,27,31). The number of carbonyl (C=O) groups excluding carboxylic acids is 2. The van der Waals surface area contributed by atoms with Crippen LogP contribution in [0.1, 0.15) is 49.5 Å². The average molecular weight is 485 g/mol. The number of carbonyl (C=O) groups is 2. The van der Waals surface area contributed by atoms with Crippen molar-refractivity contribution in [1.82, 2.24) is 20.0 Å². The van der Waals surface area contributed by atoms with E-state index in [4.69, 9.17) is 4.74 Å². The van der Waals surface area contributed by atoms with Crippen LogP contribution in [0, 0.1) is 12.8 Å². The number of nitrogens with zero attached hydrogens (tertiary/aromatic N) is 3. The van der Waals surface area contributed by atoms with Crippen molar-refractivity contribution in [2.75, 3.05) is 26.2 Å². The van der Waals surface area contributed by atoms with E-state index in [0.29, 0.717) is 36.7 Å². The van der Waals surface area contributed by atoms with Gasteiger partial charge in [-0.2, -0.15) is 5.10 Å². The fourth-order valence-corrected chi connectivity index (χ4v) is 3.94. The van der Waals surface area contributed by atoms with Crippen molar-refractivity contribution in [2.45, 2.75) is 59.0 Å². The van der Waals surface area contributed by atoms with Crippen LogP contribution in [0.5, 0.6) is 0 Å². The lowest BCUT2D eigenvalue weighted by molar-refractivity contribution is -0.323. The van der Waals surface area contributed by atoms with Crippen LogP contribution in [0.15, 0.2) is 18.3 Å². The summed E-state index contributed by atoms with van der Waals surface area (Å²) in [5.74, 6) is -0.114. The van der Waals surface area contributed by atoms with E-state index >= 15 is 0 Å². The van der Waals surface area contributed by atoms with E-state index in [1.807, 2.05) is 31.6 Å². The van der Waals surface area contributed by atoms with Gasteiger partial charge in [0.15, 0.2) is 0 Å². The second kappa shape index (κ2) is 10.2. The number of fused-ring (bicyclic) bond motifs is 1. The van der Waals surface area contributed by atoms with Crippen molar-refractivity contribution in [3.8, 4) is 0 Å². The fourth-order valence-electron chi connectivity index (χ4n) is 3.94. The van der Waals surface area contributed by atoms with Crippen LogP contribution in [0.2, 0.25) is 0 Å². The Hall–Kier alpha value is -2.82. The van der Waals surface area contributed by atoms with E-state index in [9.17, 15) is 22.8 Å². The van der Waals surface area contributed by atoms with Gasteiger partial charge in [-0.25, -0.2) is 4.79 Å². The Morgan fingerprint density at radius 2 is 1.85 bits per heavy atom. The molecule has 0 saturated carbocycles. The van der Waals surface area contributed by atoms with Gasteiger partial charge in [0.2, 0.25) is 0 Å². The summed E-state index contributed by atoms with van der Waals surface area (Å²) in [6.07, 6.45) is -1.46. The molecule has 1 fully saturated rings. The molecule has 0 spiro atoms. The maximum absolute atomic E-state index is 12.4. The largest absolute Gasteiger partial charge is 0.522 e. The minimum Gasteiger partial charge on any atom is -0.444 e. The second-order valence-corrected chi connectivity index (χ2v) is 9.48. The van der Waals surface area contributed by atoms with Crippen LogP contribution >= 0.6 is 0 Å². The lowest BCUT2D eigenvalue weighted by Crippen LogP contribution is -2.42. The Balaban J connectivity index is 1.57. The van der Waals surface area contributed by atoms with E-state index in [2.05, 4.69) is 15.2 Å². The second-order valence-electron chi connectivity index (χ2n) is 9.48. The van der Waals surface area contributed by atoms with Gasteiger partial charge in [0.05, 0.1) is 12.1 Å². The highest BCUT2D eigenvalue weighted by molar-refractivity contribution is 6.00. The molecule has 11 heteroatoms. The molecule has 2 amide bonds. The number of ether oxygens (including phenoxy) is 2. The smallest absolute Gasteiger partial charge is 0.444 e. The maximum atomic E-state index is 12.4. The molecular weight excluding hydrogens is 453 g/mol. The van der Waals surface area contributed by atoms with Crippen LogP contribution in [0.25, 0.3) is 10.9 Å². The first-order valence-corrected chi connectivity index (χ1v) is 11.3. The van der Waals surface area contributed by atoms with Crippen molar-refractivity contribution in [1.29, 1.82) is 0 Å². The molecule has 0 unspecified atom stereocenters. The topological polar surface area (TPSA) is 85.7 Å². The number of aromatic nitrogens is 2. The highest BCUT2D eigenvalue weighted by Gasteiger charge is 2.29. The predicted octanol–water partition coefficient (Wildman–Crippen LogP) is 4.26. The molecule has 34 heavy (non-hydrogen) atoms. The zero-order valence-corrected chi connectivity index (χ0v) is 19.9. The number of halogens is 3. The van der Waals surface area contributed by atoms with Gasteiger partial charge in [-0.1, -0.05) is 0 Å². The number of nitrogens with one attached hydrogen (secondary N) is 1. The molecule has 8 nitrogen and oxygen atoms in total. The van der Waals surface area contributed by atoms with E-state index in [-0.39, 0.29) is 12.6 Å². The molecule has 0 radical (unpaired) electrons. The van der Waals surface area contributed by atoms with Crippen LogP contribution in [-0.2, 0) is 16.0 Å². The zero-order valence-electron chi connectivity index (χ0n) is 19.9. The summed E-state index contributed by atoms with van der Waals surface area (Å²) in [7, 11) is 0. The van der Waals surface area contributed by atoms with E-state index in [0.717, 1.165) is 23.7 Å². The summed E-state index contributed by atoms with van der Waals surface area (Å²) in [6, 6.07) is 3.35. The third kappa shape index (κ3) is 7.09. The van der Waals surface area contributed by atoms with Crippen molar-refractivity contribution < 1.29 is 32.2 Å². The van der Waals surface area contributed by atoms with Crippen molar-refractivity contribution in [3.05, 3.63) is 29.5 Å². The highest BCUT2D eigenvalue weighted by Crippen LogP contribution is 2.25. The minimum atomic E-state index is -4.72. The Morgan fingerprint density at radius 3 is 2.47 bits per heavy atom. The highest BCUT2D eigenvalue weighted by atomic mass is 19.4. The zero-order chi connectivity index (χ0) is 25.1. The van der Waals surface area contributed by atoms with Gasteiger partial charge in [0.25, 0.3) is 5.91 Å². The third-order valence-electron chi connectivity index (χ3n) is 5.62. The maximum Gasteiger partial charge on any atom is 0.522 e. The van der Waals surface area contributed by atoms with E-state index < -0.39 is 24.5 Å². The van der Waals surface area contributed by atoms with Gasteiger partial charge < -0.3 is 15.0 Å². The number of alkyl halides is 3. The first-order valence-electron chi connectivity index (χ1n) is 11.3. The predicted molar refractivity (Wildman–Crippen MR) is 119 cm³/mol. The molecule has 2 aromatic rings. The quantitative estimate of drug-likeness (QED) is 0.620. The number of rotatable bonds is 6. The number of hydrogen-bond donors (Lipinski definition) is 1. The Labute approximate surface area is 196 Å². The minimum absolute atomic E-state index is 0.253. The van der Waals surface area contributed by atoms with Crippen molar-refractivity contribution in [3.63, 3.8) is 0 Å². The van der Waals surface area contributed by atoms with E-state index in [1.54, 1.807) is 24.0 Å². The summed E-state index contributed by atoms with van der Waals surface area (Å²) < 4.78 is 47.1. The normalized spacial score (nSPS) is 15.6. The fraction of sp³-hybridized carbons (Fsp3) is 0.609. The summed E-state index contributed by atoms with van der Waals surface area (Å²) >= 11 is 0. The first-order chi connectivity index (χ1) is 15.8. The van der Waals surface area contributed by atoms with Gasteiger partial charge >= 0.3 is 12.5 Å². The van der Waals surface area contributed by atoms with Gasteiger partial charge in [-0.05, 0) is 64.2 Å². The summed E-state index contributed by atoms with van der Waals surface area (Å²) in [6.45, 7) is 8.36. The van der Waals surface area contributed by atoms with Gasteiger partial charge in [0.1, 0.15) is 5.60 Å². The molecule has 0 bridgehead atoms. The molecule has 1 aromatic heterocycles. The van der Waals surface area contributed by atoms with Crippen molar-refractivity contribution >= 4 is 22.9 Å². The molecule has 3 rings (SSSR count). The van der Waals surface area contributed by atoms with Crippen molar-refractivity contribution in [2.24, 2.45) is 5.92 Å². The molecule has 1 N–H and O–H groups in total. The van der Waals surface area contributed by atoms with Crippen LogP contribution in [0.3, 0.4) is 0 Å². The number of piperidine rings is 1. The van der Waals surface area contributed by atoms with Gasteiger partial charge in [0, 0.05) is 43.3 Å². The molecule has 188 valence electrons. The average Bonchev–Trinajstić information content (AvgIpc) is 3.13. The Morgan fingerprint density at radius 1 is 1.18 bits per heavy atom. The third-order valence-corrected chi connectivity index (χ3v) is 5.62. The number of hydrogen-bond acceptors (Lipinski definition) is 5. The molecular formula is C23H31F3N4O4. The molecule has 1 aliphatic rings. The first kappa shape index (κ1) is 25.8. The lowest BCUT2D eigenvalue weighted by atomic mass is 9.97. The molecule has 2 heterocycles. The molecule has 1 saturated heterocycles. The van der Waals surface area contributed by atoms with Crippen LogP contribution < -0.4 is 5.32 Å². The van der Waals surface area contributed by atoms with Gasteiger partial charge in [-0.15, -0.1) is 13.2 Å². The van der Waals surface area contributed by atoms with Crippen LogP contribution in [-0.4, -0.2) is 64.9 Å². The SMILES string of the molecule is Cc1c(C(=O)NCCOC(F)(F)F)ccc2nn(CC3CCN(C(=O)OC(C)(C)C)CC3)cc12. The number of benzene rings is 1. The number of likely N-dealkylation sites (tertiary alicyclic amines) is 1. The Kier molecular flexibility index (Phi) is 7.74. The molecule has 1 aromatic carbocycles. The van der Waals surface area contributed by atoms with Crippen LogP contribution in [0.4, 0.5) is 18.0 Å². The monoisotopic (exact) mass is 484 g/mol. The summed E-state index contributed by atoms with van der Waals surface area (Å²) in [5, 5.41) is 7.86. The number of amides is 2. The molecule has 1 aliphatic heterocycles.